The summed E-state index contributed by atoms with van der Waals surface area (Å²) < 4.78 is 45.4. The molecule has 0 bridgehead atoms. The molecule has 0 aliphatic rings. The van der Waals surface area contributed by atoms with Crippen molar-refractivity contribution in [2.45, 2.75) is 19.5 Å². The van der Waals surface area contributed by atoms with Gasteiger partial charge < -0.3 is 13.8 Å². The van der Waals surface area contributed by atoms with Crippen LogP contribution in [0.4, 0.5) is 18.9 Å². The number of hydrogen-bond acceptors (Lipinski definition) is 4. The molecule has 3 nitrogen and oxygen atoms in total. The molecule has 1 aromatic rings. The predicted octanol–water partition coefficient (Wildman–Crippen LogP) is 4.06. The summed E-state index contributed by atoms with van der Waals surface area (Å²) in [6, 6.07) is 5.89. The van der Waals surface area contributed by atoms with Gasteiger partial charge in [-0.2, -0.15) is 13.2 Å². The normalized spacial score (nSPS) is 11.5. The molecule has 0 saturated heterocycles. The topological polar surface area (TPSA) is 21.7 Å². The Hall–Kier alpha value is -1.08. The summed E-state index contributed by atoms with van der Waals surface area (Å²) in [5, 5.41) is 0. The average molecular weight is 323 g/mol. The highest BCUT2D eigenvalue weighted by Gasteiger charge is 2.27. The molecule has 1 aromatic carbocycles. The molecule has 0 N–H and O–H groups in total. The molecule has 0 aromatic heterocycles. The van der Waals surface area contributed by atoms with Crippen LogP contribution in [0.15, 0.2) is 18.2 Å². The first kappa shape index (κ1) is 18.0. The Morgan fingerprint density at radius 3 is 2.62 bits per heavy atom. The lowest BCUT2D eigenvalue weighted by atomic mass is 10.2. The van der Waals surface area contributed by atoms with Crippen molar-refractivity contribution >= 4 is 17.7 Å². The van der Waals surface area contributed by atoms with Gasteiger partial charge in [0.25, 0.3) is 0 Å². The first-order valence-corrected chi connectivity index (χ1v) is 7.41. The Morgan fingerprint density at radius 2 is 2.00 bits per heavy atom. The molecule has 0 fully saturated rings. The van der Waals surface area contributed by atoms with Gasteiger partial charge >= 0.3 is 6.18 Å². The lowest BCUT2D eigenvalue weighted by Gasteiger charge is -2.22. The van der Waals surface area contributed by atoms with Crippen LogP contribution in [0.5, 0.6) is 5.75 Å². The summed E-state index contributed by atoms with van der Waals surface area (Å²) >= 11 is 0.852. The van der Waals surface area contributed by atoms with E-state index in [0.717, 1.165) is 35.5 Å². The van der Waals surface area contributed by atoms with E-state index in [2.05, 4.69) is 4.18 Å². The highest BCUT2D eigenvalue weighted by atomic mass is 32.2. The van der Waals surface area contributed by atoms with Gasteiger partial charge in [-0.25, -0.2) is 0 Å². The minimum absolute atomic E-state index is 0.508. The summed E-state index contributed by atoms with van der Waals surface area (Å²) in [7, 11) is 3.54. The maximum absolute atomic E-state index is 11.9. The van der Waals surface area contributed by atoms with Gasteiger partial charge in [-0.1, -0.05) is 6.07 Å². The zero-order valence-electron chi connectivity index (χ0n) is 12.4. The summed E-state index contributed by atoms with van der Waals surface area (Å²) in [5.41, 5.74) is 2.10. The van der Waals surface area contributed by atoms with Crippen molar-refractivity contribution in [1.29, 1.82) is 0 Å². The van der Waals surface area contributed by atoms with Crippen LogP contribution in [0.2, 0.25) is 0 Å². The largest absolute Gasteiger partial charge is 0.495 e. The quantitative estimate of drug-likeness (QED) is 0.531. The van der Waals surface area contributed by atoms with Crippen molar-refractivity contribution in [3.8, 4) is 5.75 Å². The van der Waals surface area contributed by atoms with E-state index in [-0.39, 0.29) is 0 Å². The molecule has 21 heavy (non-hydrogen) atoms. The number of methoxy groups -OCH3 is 1. The Morgan fingerprint density at radius 1 is 1.29 bits per heavy atom. The highest BCUT2D eigenvalue weighted by Crippen LogP contribution is 2.28. The van der Waals surface area contributed by atoms with Crippen molar-refractivity contribution in [2.24, 2.45) is 0 Å². The lowest BCUT2D eigenvalue weighted by molar-refractivity contribution is -0.150. The standard InChI is InChI=1S/C14H20F3NO2S/c1-11-5-6-13(19-3)12(9-11)18(2)7-4-8-21-20-10-14(15,16)17/h5-6,9H,4,7-8,10H2,1-3H3. The van der Waals surface area contributed by atoms with Crippen molar-refractivity contribution in [2.75, 3.05) is 38.0 Å². The van der Waals surface area contributed by atoms with Crippen LogP contribution in [0.25, 0.3) is 0 Å². The second-order valence-electron chi connectivity index (χ2n) is 4.65. The molecule has 1 rings (SSSR count). The van der Waals surface area contributed by atoms with E-state index in [1.165, 1.54) is 0 Å². The number of rotatable bonds is 8. The van der Waals surface area contributed by atoms with E-state index in [9.17, 15) is 13.2 Å². The van der Waals surface area contributed by atoms with Crippen LogP contribution in [-0.2, 0) is 4.18 Å². The number of halogens is 3. The molecule has 0 radical (unpaired) electrons. The fraction of sp³-hybridized carbons (Fsp3) is 0.571. The van der Waals surface area contributed by atoms with Crippen LogP contribution in [0.1, 0.15) is 12.0 Å². The van der Waals surface area contributed by atoms with Crippen LogP contribution >= 0.6 is 12.0 Å². The van der Waals surface area contributed by atoms with E-state index >= 15 is 0 Å². The smallest absolute Gasteiger partial charge is 0.413 e. The monoisotopic (exact) mass is 323 g/mol. The first-order valence-electron chi connectivity index (χ1n) is 6.50. The van der Waals surface area contributed by atoms with E-state index in [4.69, 9.17) is 4.74 Å². The molecule has 0 aliphatic heterocycles. The van der Waals surface area contributed by atoms with Crippen LogP contribution in [0, 0.1) is 6.92 Å². The molecule has 0 amide bonds. The Kier molecular flexibility index (Phi) is 7.17. The van der Waals surface area contributed by atoms with Gasteiger partial charge in [0, 0.05) is 19.3 Å². The van der Waals surface area contributed by atoms with Gasteiger partial charge in [0.2, 0.25) is 0 Å². The molecule has 0 atom stereocenters. The molecular formula is C14H20F3NO2S. The maximum Gasteiger partial charge on any atom is 0.413 e. The molecule has 0 saturated carbocycles. The van der Waals surface area contributed by atoms with E-state index in [1.807, 2.05) is 37.1 Å². The number of anilines is 1. The van der Waals surface area contributed by atoms with Crippen LogP contribution < -0.4 is 9.64 Å². The van der Waals surface area contributed by atoms with Crippen molar-refractivity contribution in [1.82, 2.24) is 0 Å². The van der Waals surface area contributed by atoms with E-state index in [1.54, 1.807) is 7.11 Å². The SMILES string of the molecule is COc1ccc(C)cc1N(C)CCCSOCC(F)(F)F. The van der Waals surface area contributed by atoms with Gasteiger partial charge in [-0.05, 0) is 43.1 Å². The molecule has 0 aliphatic carbocycles. The number of alkyl halides is 3. The third-order valence-corrected chi connectivity index (χ3v) is 3.51. The van der Waals surface area contributed by atoms with Crippen LogP contribution in [-0.4, -0.2) is 39.2 Å². The zero-order chi connectivity index (χ0) is 15.9. The number of benzene rings is 1. The fourth-order valence-electron chi connectivity index (χ4n) is 1.75. The van der Waals surface area contributed by atoms with Gasteiger partial charge in [0.05, 0.1) is 12.8 Å². The summed E-state index contributed by atoms with van der Waals surface area (Å²) in [6.45, 7) is 1.50. The van der Waals surface area contributed by atoms with Gasteiger partial charge in [-0.15, -0.1) is 0 Å². The zero-order valence-corrected chi connectivity index (χ0v) is 13.2. The van der Waals surface area contributed by atoms with Gasteiger partial charge in [0.1, 0.15) is 5.75 Å². The van der Waals surface area contributed by atoms with Crippen LogP contribution in [0.3, 0.4) is 0 Å². The second-order valence-corrected chi connectivity index (χ2v) is 5.53. The minimum atomic E-state index is -4.27. The molecule has 0 unspecified atom stereocenters. The van der Waals surface area contributed by atoms with Crippen molar-refractivity contribution in [3.05, 3.63) is 23.8 Å². The molecule has 7 heteroatoms. The Labute approximate surface area is 127 Å². The second kappa shape index (κ2) is 8.38. The fourth-order valence-corrected chi connectivity index (χ4v) is 2.33. The average Bonchev–Trinajstić information content (AvgIpc) is 2.41. The van der Waals surface area contributed by atoms with Crippen molar-refractivity contribution in [3.63, 3.8) is 0 Å². The van der Waals surface area contributed by atoms with E-state index in [0.29, 0.717) is 12.3 Å². The first-order chi connectivity index (χ1) is 9.83. The van der Waals surface area contributed by atoms with Gasteiger partial charge in [0.15, 0.2) is 6.61 Å². The summed E-state index contributed by atoms with van der Waals surface area (Å²) in [4.78, 5) is 2.02. The molecular weight excluding hydrogens is 303 g/mol. The minimum Gasteiger partial charge on any atom is -0.495 e. The third-order valence-electron chi connectivity index (χ3n) is 2.77. The maximum atomic E-state index is 11.9. The van der Waals surface area contributed by atoms with Crippen molar-refractivity contribution < 1.29 is 22.1 Å². The Balaban J connectivity index is 2.34. The van der Waals surface area contributed by atoms with E-state index < -0.39 is 12.8 Å². The Bertz CT molecular complexity index is 441. The lowest BCUT2D eigenvalue weighted by Crippen LogP contribution is -2.20. The third kappa shape index (κ3) is 6.95. The molecule has 120 valence electrons. The summed E-state index contributed by atoms with van der Waals surface area (Å²) in [6.07, 6.45) is -3.55. The molecule has 0 spiro atoms. The summed E-state index contributed by atoms with van der Waals surface area (Å²) in [5.74, 6) is 1.29. The predicted molar refractivity (Wildman–Crippen MR) is 80.1 cm³/mol. The number of aryl methyl sites for hydroxylation is 1. The van der Waals surface area contributed by atoms with Gasteiger partial charge in [-0.3, -0.25) is 0 Å². The number of ether oxygens (including phenoxy) is 1. The number of hydrogen-bond donors (Lipinski definition) is 0. The highest BCUT2D eigenvalue weighted by molar-refractivity contribution is 7.94. The number of nitrogens with zero attached hydrogens (tertiary/aromatic N) is 1. The molecule has 0 heterocycles.